The fraction of sp³-hybridized carbons (Fsp3) is 0.444. The quantitative estimate of drug-likeness (QED) is 0.846. The summed E-state index contributed by atoms with van der Waals surface area (Å²) in [6, 6.07) is 10.1. The Bertz CT molecular complexity index is 775. The zero-order valence-electron chi connectivity index (χ0n) is 13.3. The number of hydrogen-bond donors (Lipinski definition) is 1. The van der Waals surface area contributed by atoms with Crippen molar-refractivity contribution in [3.8, 4) is 6.07 Å². The fourth-order valence-electron chi connectivity index (χ4n) is 4.78. The number of benzene rings is 1. The summed E-state index contributed by atoms with van der Waals surface area (Å²) in [4.78, 5) is 13.2. The molecule has 1 N–H and O–H groups in total. The molecule has 1 aromatic carbocycles. The molecule has 5 heteroatoms. The molecule has 3 aliphatic carbocycles. The van der Waals surface area contributed by atoms with Crippen LogP contribution >= 0.6 is 0 Å². The van der Waals surface area contributed by atoms with Crippen LogP contribution in [0.3, 0.4) is 0 Å². The van der Waals surface area contributed by atoms with Crippen LogP contribution < -0.4 is 5.32 Å². The molecule has 0 spiro atoms. The third kappa shape index (κ3) is 1.41. The van der Waals surface area contributed by atoms with Crippen LogP contribution in [0.2, 0.25) is 0 Å². The third-order valence-electron chi connectivity index (χ3n) is 5.90. The predicted octanol–water partition coefficient (Wildman–Crippen LogP) is 2.01. The lowest BCUT2D eigenvalue weighted by atomic mass is 9.51. The molecule has 23 heavy (non-hydrogen) atoms. The number of carbonyl (C=O) groups is 1. The monoisotopic (exact) mass is 310 g/mol. The summed E-state index contributed by atoms with van der Waals surface area (Å²) in [5, 5.41) is 13.1. The van der Waals surface area contributed by atoms with Crippen molar-refractivity contribution in [1.29, 1.82) is 5.26 Å². The molecule has 1 aromatic rings. The Morgan fingerprint density at radius 3 is 2.61 bits per heavy atom. The van der Waals surface area contributed by atoms with Crippen molar-refractivity contribution >= 4 is 11.5 Å². The van der Waals surface area contributed by atoms with E-state index in [1.54, 1.807) is 0 Å². The number of carbonyl (C=O) groups excluding carboxylic acids is 1. The highest BCUT2D eigenvalue weighted by Gasteiger charge is 2.70. The van der Waals surface area contributed by atoms with Gasteiger partial charge < -0.3 is 14.8 Å². The molecule has 1 heterocycles. The highest BCUT2D eigenvalue weighted by molar-refractivity contribution is 5.97. The molecular weight excluding hydrogens is 292 g/mol. The molecule has 0 amide bonds. The number of rotatable bonds is 2. The lowest BCUT2D eigenvalue weighted by Crippen LogP contribution is -2.70. The van der Waals surface area contributed by atoms with Crippen LogP contribution in [-0.2, 0) is 19.7 Å². The normalized spacial score (nSPS) is 35.8. The Hall–Kier alpha value is -2.16. The lowest BCUT2D eigenvalue weighted by Gasteiger charge is -2.56. The topological polar surface area (TPSA) is 71.3 Å². The van der Waals surface area contributed by atoms with E-state index in [2.05, 4.69) is 24.4 Å². The van der Waals surface area contributed by atoms with E-state index in [1.807, 2.05) is 24.3 Å². The van der Waals surface area contributed by atoms with Crippen LogP contribution in [0, 0.1) is 23.2 Å². The van der Waals surface area contributed by atoms with Gasteiger partial charge in [0.05, 0.1) is 17.9 Å². The first kappa shape index (κ1) is 14.4. The molecule has 0 radical (unpaired) electrons. The van der Waals surface area contributed by atoms with Crippen molar-refractivity contribution in [3.05, 3.63) is 41.5 Å². The van der Waals surface area contributed by atoms with Gasteiger partial charge in [0.2, 0.25) is 11.6 Å². The van der Waals surface area contributed by atoms with E-state index in [-0.39, 0.29) is 11.8 Å². The van der Waals surface area contributed by atoms with Gasteiger partial charge >= 0.3 is 0 Å². The second-order valence-electron chi connectivity index (χ2n) is 6.58. The molecule has 4 unspecified atom stereocenters. The molecular formula is C18H18N2O3. The Balaban J connectivity index is 1.98. The van der Waals surface area contributed by atoms with Gasteiger partial charge in [-0.3, -0.25) is 4.79 Å². The largest absolute Gasteiger partial charge is 0.380 e. The van der Waals surface area contributed by atoms with Crippen molar-refractivity contribution in [2.24, 2.45) is 11.8 Å². The molecule has 5 rings (SSSR count). The van der Waals surface area contributed by atoms with Crippen LogP contribution in [0.1, 0.15) is 12.5 Å². The molecule has 5 nitrogen and oxygen atoms in total. The van der Waals surface area contributed by atoms with Crippen LogP contribution in [0.5, 0.6) is 0 Å². The molecule has 1 saturated carbocycles. The van der Waals surface area contributed by atoms with E-state index in [1.165, 1.54) is 14.2 Å². The zero-order valence-corrected chi connectivity index (χ0v) is 13.3. The van der Waals surface area contributed by atoms with Gasteiger partial charge in [0.15, 0.2) is 0 Å². The molecule has 4 aliphatic rings. The van der Waals surface area contributed by atoms with Crippen molar-refractivity contribution in [2.45, 2.75) is 24.2 Å². The first-order valence-corrected chi connectivity index (χ1v) is 7.67. The summed E-state index contributed by atoms with van der Waals surface area (Å²) in [6.07, 6.45) is 1.81. The maximum Gasteiger partial charge on any atom is 0.238 e. The van der Waals surface area contributed by atoms with Gasteiger partial charge in [0.25, 0.3) is 0 Å². The molecule has 0 aromatic heterocycles. The number of nitrogens with zero attached hydrogens (tertiary/aromatic N) is 1. The Morgan fingerprint density at radius 2 is 1.96 bits per heavy atom. The number of anilines is 1. The summed E-state index contributed by atoms with van der Waals surface area (Å²) >= 11 is 0. The fourth-order valence-corrected chi connectivity index (χ4v) is 4.78. The number of Topliss-reactive ketones (excluding diaryl/α,β-unsaturated/α-hetero) is 1. The standard InChI is InChI=1S/C18H18N2O3/c1-17-11-6-4-5-7-13(11)20-15(17)14-10(9-19)8-12(17)16(21)18(14,22-2)23-3/h4-8,12,14-15,20H,1-3H3. The summed E-state index contributed by atoms with van der Waals surface area (Å²) in [5.74, 6) is -2.44. The van der Waals surface area contributed by atoms with Gasteiger partial charge in [-0.25, -0.2) is 0 Å². The minimum absolute atomic E-state index is 0.108. The molecule has 0 saturated heterocycles. The van der Waals surface area contributed by atoms with Crippen LogP contribution in [0.15, 0.2) is 35.9 Å². The second-order valence-corrected chi connectivity index (χ2v) is 6.58. The van der Waals surface area contributed by atoms with E-state index in [9.17, 15) is 10.1 Å². The molecule has 1 aliphatic heterocycles. The van der Waals surface area contributed by atoms with Crippen LogP contribution in [0.25, 0.3) is 0 Å². The molecule has 2 bridgehead atoms. The number of nitrogens with one attached hydrogen (secondary N) is 1. The first-order valence-electron chi connectivity index (χ1n) is 7.67. The summed E-state index contributed by atoms with van der Waals surface area (Å²) in [5.41, 5.74) is 2.28. The Kier molecular flexibility index (Phi) is 2.78. The van der Waals surface area contributed by atoms with E-state index in [0.29, 0.717) is 5.57 Å². The highest BCUT2D eigenvalue weighted by atomic mass is 16.7. The van der Waals surface area contributed by atoms with Crippen LogP contribution in [0.4, 0.5) is 5.69 Å². The van der Waals surface area contributed by atoms with Gasteiger partial charge in [0.1, 0.15) is 0 Å². The van der Waals surface area contributed by atoms with Crippen molar-refractivity contribution in [3.63, 3.8) is 0 Å². The first-order chi connectivity index (χ1) is 11.0. The zero-order chi connectivity index (χ0) is 16.4. The van der Waals surface area contributed by atoms with Gasteiger partial charge in [-0.2, -0.15) is 5.26 Å². The summed E-state index contributed by atoms with van der Waals surface area (Å²) < 4.78 is 11.1. The van der Waals surface area contributed by atoms with Crippen molar-refractivity contribution in [2.75, 3.05) is 19.5 Å². The number of ketones is 1. The number of ether oxygens (including phenoxy) is 2. The smallest absolute Gasteiger partial charge is 0.238 e. The SMILES string of the molecule is COC1(OC)C(=O)C2C=C(C#N)C1C1Nc3ccccc3C21C. The van der Waals surface area contributed by atoms with Crippen LogP contribution in [-0.4, -0.2) is 31.8 Å². The van der Waals surface area contributed by atoms with E-state index in [4.69, 9.17) is 9.47 Å². The number of para-hydroxylation sites is 1. The third-order valence-corrected chi connectivity index (χ3v) is 5.90. The minimum Gasteiger partial charge on any atom is -0.380 e. The number of nitriles is 1. The van der Waals surface area contributed by atoms with Crippen molar-refractivity contribution < 1.29 is 14.3 Å². The van der Waals surface area contributed by atoms with Gasteiger partial charge in [-0.1, -0.05) is 31.2 Å². The van der Waals surface area contributed by atoms with Crippen molar-refractivity contribution in [1.82, 2.24) is 0 Å². The second kappa shape index (κ2) is 4.44. The Labute approximate surface area is 134 Å². The molecule has 1 fully saturated rings. The molecule has 118 valence electrons. The van der Waals surface area contributed by atoms with Gasteiger partial charge in [-0.15, -0.1) is 0 Å². The average molecular weight is 310 g/mol. The number of methoxy groups -OCH3 is 2. The van der Waals surface area contributed by atoms with Gasteiger partial charge in [0, 0.05) is 36.9 Å². The molecule has 4 atom stereocenters. The summed E-state index contributed by atoms with van der Waals surface area (Å²) in [6.45, 7) is 2.09. The summed E-state index contributed by atoms with van der Waals surface area (Å²) in [7, 11) is 2.94. The number of hydrogen-bond acceptors (Lipinski definition) is 5. The lowest BCUT2D eigenvalue weighted by molar-refractivity contribution is -0.243. The van der Waals surface area contributed by atoms with E-state index in [0.717, 1.165) is 11.3 Å². The van der Waals surface area contributed by atoms with E-state index < -0.39 is 23.0 Å². The minimum atomic E-state index is -1.40. The maximum atomic E-state index is 13.2. The average Bonchev–Trinajstić information content (AvgIpc) is 2.90. The predicted molar refractivity (Wildman–Crippen MR) is 83.6 cm³/mol. The number of allylic oxidation sites excluding steroid dienone is 1. The highest BCUT2D eigenvalue weighted by Crippen LogP contribution is 2.60. The number of fused-ring (bicyclic) bond motifs is 2. The Morgan fingerprint density at radius 1 is 1.26 bits per heavy atom. The van der Waals surface area contributed by atoms with E-state index >= 15 is 0 Å². The maximum absolute atomic E-state index is 13.2. The van der Waals surface area contributed by atoms with Gasteiger partial charge in [-0.05, 0) is 11.6 Å².